The van der Waals surface area contributed by atoms with Crippen LogP contribution in [0, 0.1) is 11.8 Å². The van der Waals surface area contributed by atoms with Crippen molar-refractivity contribution in [2.45, 2.75) is 45.2 Å². The van der Waals surface area contributed by atoms with Crippen molar-refractivity contribution in [3.8, 4) is 0 Å². The second-order valence-corrected chi connectivity index (χ2v) is 9.39. The van der Waals surface area contributed by atoms with Crippen molar-refractivity contribution in [1.82, 2.24) is 15.1 Å². The zero-order chi connectivity index (χ0) is 16.1. The Morgan fingerprint density at radius 1 is 1.32 bits per heavy atom. The number of carboxylic acid groups (broad SMARTS) is 1. The van der Waals surface area contributed by atoms with Gasteiger partial charge in [-0.05, 0) is 61.4 Å². The molecule has 8 heteroatoms. The van der Waals surface area contributed by atoms with Gasteiger partial charge in [-0.3, -0.25) is 4.90 Å². The van der Waals surface area contributed by atoms with Gasteiger partial charge in [0.2, 0.25) is 5.13 Å². The average Bonchev–Trinajstić information content (AvgIpc) is 2.90. The molecular weight excluding hydrogens is 368 g/mol. The average molecular weight is 389 g/mol. The van der Waals surface area contributed by atoms with Gasteiger partial charge in [0.05, 0.1) is 0 Å². The van der Waals surface area contributed by atoms with E-state index in [-0.39, 0.29) is 11.6 Å². The maximum absolute atomic E-state index is 11.8. The molecule has 1 aromatic rings. The van der Waals surface area contributed by atoms with Gasteiger partial charge in [-0.1, -0.05) is 11.3 Å². The molecular formula is C14H21BrN4O2S. The molecule has 2 heterocycles. The molecule has 0 radical (unpaired) electrons. The molecule has 1 amide bonds. The van der Waals surface area contributed by atoms with Gasteiger partial charge in [0, 0.05) is 24.7 Å². The highest BCUT2D eigenvalue weighted by atomic mass is 79.9. The van der Waals surface area contributed by atoms with Crippen molar-refractivity contribution in [2.75, 3.05) is 18.0 Å². The number of hydrogen-bond donors (Lipinski definition) is 1. The molecule has 1 aliphatic carbocycles. The third kappa shape index (κ3) is 2.82. The first-order valence-corrected chi connectivity index (χ1v) is 9.14. The van der Waals surface area contributed by atoms with Crippen molar-refractivity contribution in [3.05, 3.63) is 3.92 Å². The van der Waals surface area contributed by atoms with E-state index in [9.17, 15) is 9.90 Å². The lowest BCUT2D eigenvalue weighted by atomic mass is 9.88. The third-order valence-electron chi connectivity index (χ3n) is 4.67. The number of rotatable bonds is 2. The van der Waals surface area contributed by atoms with E-state index in [0.717, 1.165) is 35.0 Å². The first-order valence-electron chi connectivity index (χ1n) is 7.53. The molecule has 22 heavy (non-hydrogen) atoms. The van der Waals surface area contributed by atoms with Gasteiger partial charge in [-0.25, -0.2) is 4.79 Å². The van der Waals surface area contributed by atoms with Crippen LogP contribution in [0.3, 0.4) is 0 Å². The molecule has 2 fully saturated rings. The fourth-order valence-corrected chi connectivity index (χ4v) is 5.07. The van der Waals surface area contributed by atoms with Gasteiger partial charge in [0.15, 0.2) is 3.92 Å². The summed E-state index contributed by atoms with van der Waals surface area (Å²) in [4.78, 5) is 15.8. The fraction of sp³-hybridized carbons (Fsp3) is 0.786. The van der Waals surface area contributed by atoms with E-state index in [0.29, 0.717) is 11.8 Å². The summed E-state index contributed by atoms with van der Waals surface area (Å²) in [5.41, 5.74) is -0.370. The highest BCUT2D eigenvalue weighted by Gasteiger charge is 2.49. The second-order valence-electron chi connectivity index (χ2n) is 7.15. The van der Waals surface area contributed by atoms with E-state index >= 15 is 0 Å². The fourth-order valence-electron chi connectivity index (χ4n) is 3.96. The molecule has 2 bridgehead atoms. The lowest BCUT2D eigenvalue weighted by molar-refractivity contribution is 0.0358. The van der Waals surface area contributed by atoms with E-state index in [1.54, 1.807) is 4.90 Å². The Kier molecular flexibility index (Phi) is 4.09. The molecule has 1 aromatic heterocycles. The van der Waals surface area contributed by atoms with E-state index in [4.69, 9.17) is 0 Å². The molecule has 6 nitrogen and oxygen atoms in total. The van der Waals surface area contributed by atoms with E-state index in [2.05, 4.69) is 31.0 Å². The number of halogens is 1. The molecule has 1 saturated carbocycles. The molecule has 0 unspecified atom stereocenters. The number of hydrogen-bond acceptors (Lipinski definition) is 5. The summed E-state index contributed by atoms with van der Waals surface area (Å²) >= 11 is 4.90. The van der Waals surface area contributed by atoms with Gasteiger partial charge in [0.25, 0.3) is 0 Å². The lowest BCUT2D eigenvalue weighted by Gasteiger charge is -2.47. The summed E-state index contributed by atoms with van der Waals surface area (Å²) in [5.74, 6) is 0.744. The van der Waals surface area contributed by atoms with Crippen LogP contribution < -0.4 is 4.90 Å². The Labute approximate surface area is 142 Å². The Hall–Kier alpha value is -0.890. The molecule has 3 atom stereocenters. The molecule has 3 rings (SSSR count). The Balaban J connectivity index is 1.82. The zero-order valence-electron chi connectivity index (χ0n) is 13.0. The number of fused-ring (bicyclic) bond motifs is 2. The highest BCUT2D eigenvalue weighted by molar-refractivity contribution is 9.11. The van der Waals surface area contributed by atoms with Gasteiger partial charge in [0.1, 0.15) is 0 Å². The number of nitrogens with zero attached hydrogens (tertiary/aromatic N) is 4. The maximum atomic E-state index is 11.8. The first-order chi connectivity index (χ1) is 10.3. The van der Waals surface area contributed by atoms with Gasteiger partial charge in [-0.2, -0.15) is 0 Å². The maximum Gasteiger partial charge on any atom is 0.408 e. The molecule has 1 N–H and O–H groups in total. The van der Waals surface area contributed by atoms with Crippen LogP contribution in [0.25, 0.3) is 0 Å². The molecule has 2 aliphatic rings. The summed E-state index contributed by atoms with van der Waals surface area (Å²) in [6.45, 7) is 7.67. The largest absolute Gasteiger partial charge is 0.465 e. The summed E-state index contributed by atoms with van der Waals surface area (Å²) in [6.07, 6.45) is 1.37. The third-order valence-corrected chi connectivity index (χ3v) is 6.09. The topological polar surface area (TPSA) is 69.6 Å². The van der Waals surface area contributed by atoms with Crippen molar-refractivity contribution < 1.29 is 9.90 Å². The van der Waals surface area contributed by atoms with E-state index < -0.39 is 6.09 Å². The van der Waals surface area contributed by atoms with Gasteiger partial charge in [-0.15, -0.1) is 10.2 Å². The predicted octanol–water partition coefficient (Wildman–Crippen LogP) is 3.29. The van der Waals surface area contributed by atoms with Crippen LogP contribution >= 0.6 is 27.3 Å². The van der Waals surface area contributed by atoms with E-state index in [1.165, 1.54) is 11.3 Å². The lowest BCUT2D eigenvalue weighted by Crippen LogP contribution is -2.59. The number of amides is 1. The van der Waals surface area contributed by atoms with Crippen molar-refractivity contribution >= 4 is 38.5 Å². The predicted molar refractivity (Wildman–Crippen MR) is 89.4 cm³/mol. The number of aromatic nitrogens is 2. The van der Waals surface area contributed by atoms with Crippen LogP contribution in [0.2, 0.25) is 0 Å². The number of anilines is 1. The van der Waals surface area contributed by atoms with Gasteiger partial charge >= 0.3 is 6.09 Å². The van der Waals surface area contributed by atoms with Gasteiger partial charge < -0.3 is 10.0 Å². The quantitative estimate of drug-likeness (QED) is 0.841. The SMILES string of the molecule is CC(C)(C)N(C(=O)O)[C@H]1[C@@H]2CC[C@H]1CN(c1nnc(Br)s1)C2. The molecule has 122 valence electrons. The van der Waals surface area contributed by atoms with Crippen LogP contribution in [0.5, 0.6) is 0 Å². The summed E-state index contributed by atoms with van der Waals surface area (Å²) in [7, 11) is 0. The van der Waals surface area contributed by atoms with Crippen LogP contribution in [-0.2, 0) is 0 Å². The summed E-state index contributed by atoms with van der Waals surface area (Å²) in [6, 6.07) is 0.116. The van der Waals surface area contributed by atoms with Crippen molar-refractivity contribution in [2.24, 2.45) is 11.8 Å². The smallest absolute Gasteiger partial charge is 0.408 e. The Morgan fingerprint density at radius 2 is 1.91 bits per heavy atom. The zero-order valence-corrected chi connectivity index (χ0v) is 15.4. The van der Waals surface area contributed by atoms with Crippen LogP contribution in [0.15, 0.2) is 3.92 Å². The molecule has 1 aliphatic heterocycles. The Morgan fingerprint density at radius 3 is 2.32 bits per heavy atom. The molecule has 1 saturated heterocycles. The minimum absolute atomic E-state index is 0.116. The van der Waals surface area contributed by atoms with Crippen molar-refractivity contribution in [3.63, 3.8) is 0 Å². The number of piperidine rings is 1. The highest BCUT2D eigenvalue weighted by Crippen LogP contribution is 2.44. The normalized spacial score (nSPS) is 28.0. The van der Waals surface area contributed by atoms with Crippen LogP contribution in [0.1, 0.15) is 33.6 Å². The summed E-state index contributed by atoms with van der Waals surface area (Å²) < 4.78 is 0.791. The number of carbonyl (C=O) groups is 1. The van der Waals surface area contributed by atoms with Crippen LogP contribution in [-0.4, -0.2) is 51.0 Å². The first kappa shape index (κ1) is 16.0. The summed E-state index contributed by atoms with van der Waals surface area (Å²) in [5, 5.41) is 18.9. The van der Waals surface area contributed by atoms with E-state index in [1.807, 2.05) is 20.8 Å². The Bertz CT molecular complexity index is 559. The molecule has 0 spiro atoms. The minimum atomic E-state index is -0.804. The monoisotopic (exact) mass is 388 g/mol. The minimum Gasteiger partial charge on any atom is -0.465 e. The van der Waals surface area contributed by atoms with Crippen LogP contribution in [0.4, 0.5) is 9.93 Å². The molecule has 0 aromatic carbocycles. The standard InChI is InChI=1S/C14H21BrN4O2S/c1-14(2,3)19(13(20)21)10-8-4-5-9(10)7-18(6-8)12-17-16-11(15)22-12/h8-10H,4-7H2,1-3H3,(H,20,21)/t8-,9+,10+. The van der Waals surface area contributed by atoms with Crippen molar-refractivity contribution in [1.29, 1.82) is 0 Å². The second kappa shape index (κ2) is 5.63.